The van der Waals surface area contributed by atoms with Crippen LogP contribution in [0.4, 0.5) is 0 Å². The third kappa shape index (κ3) is 2.81. The average Bonchev–Trinajstić information content (AvgIpc) is 2.57. The van der Waals surface area contributed by atoms with Crippen molar-refractivity contribution in [2.24, 2.45) is 5.14 Å². The number of sulfonamides is 1. The van der Waals surface area contributed by atoms with Gasteiger partial charge in [-0.25, -0.2) is 13.6 Å². The van der Waals surface area contributed by atoms with Crippen LogP contribution in [0.1, 0.15) is 31.9 Å². The van der Waals surface area contributed by atoms with Crippen molar-refractivity contribution in [3.05, 3.63) is 11.8 Å². The lowest BCUT2D eigenvalue weighted by molar-refractivity contribution is 0.537. The van der Waals surface area contributed by atoms with Crippen molar-refractivity contribution in [1.82, 2.24) is 9.78 Å². The molecule has 0 aliphatic rings. The van der Waals surface area contributed by atoms with Crippen LogP contribution in [0.25, 0.3) is 0 Å². The Morgan fingerprint density at radius 3 is 2.69 bits per heavy atom. The van der Waals surface area contributed by atoms with Crippen LogP contribution in [0.3, 0.4) is 0 Å². The topological polar surface area (TPSA) is 102 Å². The molecule has 0 fully saturated rings. The van der Waals surface area contributed by atoms with Crippen molar-refractivity contribution in [3.63, 3.8) is 0 Å². The summed E-state index contributed by atoms with van der Waals surface area (Å²) in [7, 11) is -3.79. The first-order valence-corrected chi connectivity index (χ1v) is 6.38. The Hall–Kier alpha value is -1.39. The van der Waals surface area contributed by atoms with Gasteiger partial charge in [-0.1, -0.05) is 13.8 Å². The first kappa shape index (κ1) is 12.7. The number of aromatic nitrogens is 2. The normalized spacial score (nSPS) is 11.7. The van der Waals surface area contributed by atoms with E-state index in [4.69, 9.17) is 10.4 Å². The third-order valence-corrected chi connectivity index (χ3v) is 2.99. The van der Waals surface area contributed by atoms with Crippen molar-refractivity contribution in [3.8, 4) is 6.07 Å². The largest absolute Gasteiger partial charge is 0.255 e. The summed E-state index contributed by atoms with van der Waals surface area (Å²) >= 11 is 0. The van der Waals surface area contributed by atoms with Crippen LogP contribution >= 0.6 is 0 Å². The lowest BCUT2D eigenvalue weighted by Crippen LogP contribution is -2.18. The Balaban J connectivity index is 3.19. The summed E-state index contributed by atoms with van der Waals surface area (Å²) in [6.45, 7) is 4.04. The summed E-state index contributed by atoms with van der Waals surface area (Å²) in [5, 5.41) is 17.6. The predicted molar refractivity (Wildman–Crippen MR) is 57.9 cm³/mol. The number of rotatable bonds is 4. The van der Waals surface area contributed by atoms with E-state index in [0.29, 0.717) is 5.69 Å². The van der Waals surface area contributed by atoms with Gasteiger partial charge >= 0.3 is 0 Å². The molecule has 0 aliphatic heterocycles. The molecule has 0 aromatic carbocycles. The SMILES string of the molecule is CC(C)c1cc(S(N)(=O)=O)n(CCC#N)n1. The fraction of sp³-hybridized carbons (Fsp3) is 0.556. The van der Waals surface area contributed by atoms with E-state index >= 15 is 0 Å². The molecular weight excluding hydrogens is 228 g/mol. The number of hydrogen-bond donors (Lipinski definition) is 1. The zero-order chi connectivity index (χ0) is 12.3. The molecule has 0 atom stereocenters. The predicted octanol–water partition coefficient (Wildman–Crippen LogP) is 0.568. The molecule has 2 N–H and O–H groups in total. The van der Waals surface area contributed by atoms with Gasteiger partial charge < -0.3 is 0 Å². The van der Waals surface area contributed by atoms with Crippen molar-refractivity contribution in [1.29, 1.82) is 5.26 Å². The monoisotopic (exact) mass is 242 g/mol. The van der Waals surface area contributed by atoms with Crippen LogP contribution in [0.5, 0.6) is 0 Å². The molecule has 1 heterocycles. The van der Waals surface area contributed by atoms with Gasteiger partial charge in [-0.2, -0.15) is 10.4 Å². The van der Waals surface area contributed by atoms with Crippen LogP contribution in [0.2, 0.25) is 0 Å². The van der Waals surface area contributed by atoms with Crippen molar-refractivity contribution in [2.75, 3.05) is 0 Å². The quantitative estimate of drug-likeness (QED) is 0.833. The Bertz CT molecular complexity index is 510. The summed E-state index contributed by atoms with van der Waals surface area (Å²) in [6, 6.07) is 3.39. The molecule has 0 saturated heterocycles. The third-order valence-electron chi connectivity index (χ3n) is 2.08. The maximum Gasteiger partial charge on any atom is 0.255 e. The average molecular weight is 242 g/mol. The van der Waals surface area contributed by atoms with Crippen LogP contribution < -0.4 is 5.14 Å². The van der Waals surface area contributed by atoms with E-state index in [9.17, 15) is 8.42 Å². The molecule has 16 heavy (non-hydrogen) atoms. The van der Waals surface area contributed by atoms with E-state index in [2.05, 4.69) is 5.10 Å². The van der Waals surface area contributed by atoms with Gasteiger partial charge in [0.1, 0.15) is 0 Å². The molecule has 88 valence electrons. The molecule has 0 amide bonds. The molecule has 1 rings (SSSR count). The number of hydrogen-bond acceptors (Lipinski definition) is 4. The molecule has 0 bridgehead atoms. The molecule has 0 radical (unpaired) electrons. The van der Waals surface area contributed by atoms with Gasteiger partial charge in [-0.3, -0.25) is 4.68 Å². The van der Waals surface area contributed by atoms with Crippen LogP contribution in [-0.4, -0.2) is 18.2 Å². The maximum atomic E-state index is 11.3. The molecule has 0 spiro atoms. The second kappa shape index (κ2) is 4.63. The Labute approximate surface area is 94.7 Å². The van der Waals surface area contributed by atoms with Crippen LogP contribution in [0, 0.1) is 11.3 Å². The van der Waals surface area contributed by atoms with Crippen molar-refractivity contribution >= 4 is 10.0 Å². The van der Waals surface area contributed by atoms with E-state index < -0.39 is 10.0 Å². The fourth-order valence-corrected chi connectivity index (χ4v) is 1.96. The molecule has 1 aromatic rings. The molecule has 6 nitrogen and oxygen atoms in total. The lowest BCUT2D eigenvalue weighted by atomic mass is 10.1. The van der Waals surface area contributed by atoms with E-state index in [1.54, 1.807) is 0 Å². The van der Waals surface area contributed by atoms with Crippen molar-refractivity contribution < 1.29 is 8.42 Å². The lowest BCUT2D eigenvalue weighted by Gasteiger charge is -2.02. The van der Waals surface area contributed by atoms with E-state index in [0.717, 1.165) is 0 Å². The number of nitrogens with zero attached hydrogens (tertiary/aromatic N) is 3. The molecule has 0 unspecified atom stereocenters. The number of primary sulfonamides is 1. The highest BCUT2D eigenvalue weighted by Crippen LogP contribution is 2.17. The first-order chi connectivity index (χ1) is 7.36. The Morgan fingerprint density at radius 2 is 2.25 bits per heavy atom. The van der Waals surface area contributed by atoms with Crippen LogP contribution in [0.15, 0.2) is 11.1 Å². The highest BCUT2D eigenvalue weighted by atomic mass is 32.2. The highest BCUT2D eigenvalue weighted by molar-refractivity contribution is 7.89. The van der Waals surface area contributed by atoms with Gasteiger partial charge in [0.25, 0.3) is 10.0 Å². The minimum atomic E-state index is -3.79. The summed E-state index contributed by atoms with van der Waals surface area (Å²) in [5.41, 5.74) is 0.655. The summed E-state index contributed by atoms with van der Waals surface area (Å²) in [4.78, 5) is 0. The fourth-order valence-electron chi connectivity index (χ4n) is 1.25. The van der Waals surface area contributed by atoms with Gasteiger partial charge in [-0.05, 0) is 5.92 Å². The summed E-state index contributed by atoms with van der Waals surface area (Å²) in [5.74, 6) is 0.115. The minimum absolute atomic E-state index is 0.0357. The van der Waals surface area contributed by atoms with Gasteiger partial charge in [-0.15, -0.1) is 0 Å². The van der Waals surface area contributed by atoms with Gasteiger partial charge in [0, 0.05) is 6.07 Å². The number of nitrogens with two attached hydrogens (primary N) is 1. The van der Waals surface area contributed by atoms with E-state index in [1.807, 2.05) is 19.9 Å². The maximum absolute atomic E-state index is 11.3. The van der Waals surface area contributed by atoms with E-state index in [1.165, 1.54) is 10.7 Å². The zero-order valence-corrected chi connectivity index (χ0v) is 10.0. The number of nitriles is 1. The van der Waals surface area contributed by atoms with Gasteiger partial charge in [0.05, 0.1) is 24.7 Å². The molecule has 1 aromatic heterocycles. The van der Waals surface area contributed by atoms with Gasteiger partial charge in [0.2, 0.25) is 0 Å². The molecular formula is C9H14N4O2S. The first-order valence-electron chi connectivity index (χ1n) is 4.83. The second-order valence-electron chi connectivity index (χ2n) is 3.74. The molecule has 0 aliphatic carbocycles. The van der Waals surface area contributed by atoms with Crippen LogP contribution in [-0.2, 0) is 16.6 Å². The van der Waals surface area contributed by atoms with Gasteiger partial charge in [0.15, 0.2) is 5.03 Å². The zero-order valence-electron chi connectivity index (χ0n) is 9.21. The van der Waals surface area contributed by atoms with Crippen molar-refractivity contribution in [2.45, 2.75) is 37.8 Å². The Morgan fingerprint density at radius 1 is 1.62 bits per heavy atom. The standard InChI is InChI=1S/C9H14N4O2S/c1-7(2)8-6-9(16(11,14)15)13(12-8)5-3-4-10/h6-7H,3,5H2,1-2H3,(H2,11,14,15). The second-order valence-corrected chi connectivity index (χ2v) is 5.25. The highest BCUT2D eigenvalue weighted by Gasteiger charge is 2.18. The smallest absolute Gasteiger partial charge is 0.252 e. The molecule has 0 saturated carbocycles. The molecule has 7 heteroatoms. The number of aryl methyl sites for hydroxylation is 1. The minimum Gasteiger partial charge on any atom is -0.252 e. The Kier molecular flexibility index (Phi) is 3.67. The van der Waals surface area contributed by atoms with E-state index in [-0.39, 0.29) is 23.9 Å². The summed E-state index contributed by atoms with van der Waals surface area (Å²) in [6.07, 6.45) is 0.196. The summed E-state index contributed by atoms with van der Waals surface area (Å²) < 4.78 is 23.8.